The summed E-state index contributed by atoms with van der Waals surface area (Å²) in [6.45, 7) is 6.62. The minimum Gasteiger partial charge on any atom is -0.333 e. The highest BCUT2D eigenvalue weighted by molar-refractivity contribution is 5.95. The summed E-state index contributed by atoms with van der Waals surface area (Å²) >= 11 is 0. The van der Waals surface area contributed by atoms with Gasteiger partial charge in [-0.3, -0.25) is 9.48 Å². The van der Waals surface area contributed by atoms with Gasteiger partial charge < -0.3 is 10.2 Å². The molecule has 2 rings (SSSR count). The molecule has 1 N–H and O–H groups in total. The zero-order chi connectivity index (χ0) is 12.4. The van der Waals surface area contributed by atoms with Crippen LogP contribution in [0.5, 0.6) is 0 Å². The maximum Gasteiger partial charge on any atom is 0.257 e. The van der Waals surface area contributed by atoms with Crippen molar-refractivity contribution in [1.29, 1.82) is 0 Å². The lowest BCUT2D eigenvalue weighted by Crippen LogP contribution is -2.52. The van der Waals surface area contributed by atoms with Crippen molar-refractivity contribution in [2.75, 3.05) is 19.6 Å². The molecule has 0 aliphatic carbocycles. The van der Waals surface area contributed by atoms with Crippen molar-refractivity contribution in [3.8, 4) is 0 Å². The van der Waals surface area contributed by atoms with Gasteiger partial charge in [0, 0.05) is 38.9 Å². The van der Waals surface area contributed by atoms with Crippen LogP contribution >= 0.6 is 0 Å². The molecule has 5 nitrogen and oxygen atoms in total. The van der Waals surface area contributed by atoms with Gasteiger partial charge in [-0.2, -0.15) is 5.10 Å². The molecule has 1 aliphatic heterocycles. The van der Waals surface area contributed by atoms with Gasteiger partial charge in [-0.25, -0.2) is 0 Å². The Morgan fingerprint density at radius 2 is 2.41 bits per heavy atom. The first-order valence-corrected chi connectivity index (χ1v) is 6.17. The number of hydrogen-bond donors (Lipinski definition) is 1. The average molecular weight is 236 g/mol. The predicted molar refractivity (Wildman–Crippen MR) is 66.0 cm³/mol. The van der Waals surface area contributed by atoms with E-state index in [0.29, 0.717) is 0 Å². The van der Waals surface area contributed by atoms with Crippen LogP contribution in [0.1, 0.15) is 29.9 Å². The van der Waals surface area contributed by atoms with Crippen LogP contribution in [0.4, 0.5) is 0 Å². The van der Waals surface area contributed by atoms with E-state index in [1.54, 1.807) is 4.68 Å². The number of carbonyl (C=O) groups is 1. The van der Waals surface area contributed by atoms with Gasteiger partial charge in [0.1, 0.15) is 0 Å². The lowest BCUT2D eigenvalue weighted by atomic mass is 10.1. The topological polar surface area (TPSA) is 50.2 Å². The first-order chi connectivity index (χ1) is 8.13. The van der Waals surface area contributed by atoms with E-state index < -0.39 is 0 Å². The molecule has 1 unspecified atom stereocenters. The third kappa shape index (κ3) is 2.34. The molecule has 1 saturated heterocycles. The molecule has 1 aromatic heterocycles. The molecular weight excluding hydrogens is 216 g/mol. The molecule has 0 radical (unpaired) electrons. The number of nitrogens with one attached hydrogen (secondary N) is 1. The maximum absolute atomic E-state index is 12.4. The van der Waals surface area contributed by atoms with Crippen molar-refractivity contribution < 1.29 is 4.79 Å². The number of nitrogens with zero attached hydrogens (tertiary/aromatic N) is 3. The van der Waals surface area contributed by atoms with Gasteiger partial charge in [-0.1, -0.05) is 6.92 Å². The minimum atomic E-state index is 0.115. The van der Waals surface area contributed by atoms with Gasteiger partial charge in [0.05, 0.1) is 11.3 Å². The molecule has 1 atom stereocenters. The summed E-state index contributed by atoms with van der Waals surface area (Å²) in [6, 6.07) is 0.251. The van der Waals surface area contributed by atoms with E-state index in [2.05, 4.69) is 17.3 Å². The highest BCUT2D eigenvalue weighted by Crippen LogP contribution is 2.14. The van der Waals surface area contributed by atoms with Crippen molar-refractivity contribution >= 4 is 5.91 Å². The van der Waals surface area contributed by atoms with E-state index in [1.165, 1.54) is 0 Å². The largest absolute Gasteiger partial charge is 0.333 e. The fraction of sp³-hybridized carbons (Fsp3) is 0.667. The molecule has 1 aromatic rings. The summed E-state index contributed by atoms with van der Waals surface area (Å²) in [7, 11) is 1.86. The normalized spacial score (nSPS) is 20.6. The van der Waals surface area contributed by atoms with Crippen LogP contribution in [0, 0.1) is 0 Å². The quantitative estimate of drug-likeness (QED) is 0.809. The summed E-state index contributed by atoms with van der Waals surface area (Å²) in [5.41, 5.74) is 1.65. The van der Waals surface area contributed by atoms with E-state index in [-0.39, 0.29) is 11.9 Å². The van der Waals surface area contributed by atoms with E-state index >= 15 is 0 Å². The summed E-state index contributed by atoms with van der Waals surface area (Å²) in [5, 5.41) is 7.61. The van der Waals surface area contributed by atoms with E-state index in [4.69, 9.17) is 0 Å². The molecule has 0 aromatic carbocycles. The molecule has 0 spiro atoms. The van der Waals surface area contributed by atoms with Crippen LogP contribution in [0.15, 0.2) is 6.20 Å². The lowest BCUT2D eigenvalue weighted by Gasteiger charge is -2.33. The van der Waals surface area contributed by atoms with Gasteiger partial charge in [-0.15, -0.1) is 0 Å². The summed E-state index contributed by atoms with van der Waals surface area (Å²) in [4.78, 5) is 14.4. The molecule has 1 amide bonds. The Bertz CT molecular complexity index is 413. The van der Waals surface area contributed by atoms with Crippen LogP contribution in [-0.2, 0) is 13.5 Å². The predicted octanol–water partition coefficient (Wildman–Crippen LogP) is 0.416. The van der Waals surface area contributed by atoms with Gasteiger partial charge in [0.2, 0.25) is 0 Å². The smallest absolute Gasteiger partial charge is 0.257 e. The van der Waals surface area contributed by atoms with Crippen molar-refractivity contribution in [2.45, 2.75) is 26.3 Å². The number of piperazine rings is 1. The van der Waals surface area contributed by atoms with Crippen molar-refractivity contribution in [1.82, 2.24) is 20.0 Å². The van der Waals surface area contributed by atoms with Crippen molar-refractivity contribution in [3.05, 3.63) is 17.5 Å². The SMILES string of the molecule is CCc1nn(C)cc1C(=O)N1CCNCC1C. The third-order valence-corrected chi connectivity index (χ3v) is 3.23. The molecular formula is C12H20N4O. The number of carbonyl (C=O) groups excluding carboxylic acids is 1. The second-order valence-corrected chi connectivity index (χ2v) is 4.57. The van der Waals surface area contributed by atoms with E-state index in [9.17, 15) is 4.79 Å². The number of aromatic nitrogens is 2. The second kappa shape index (κ2) is 4.87. The Morgan fingerprint density at radius 3 is 3.06 bits per heavy atom. The lowest BCUT2D eigenvalue weighted by molar-refractivity contribution is 0.0654. The Hall–Kier alpha value is -1.36. The Balaban J connectivity index is 2.23. The Labute approximate surface area is 102 Å². The van der Waals surface area contributed by atoms with E-state index in [0.717, 1.165) is 37.3 Å². The molecule has 94 valence electrons. The van der Waals surface area contributed by atoms with Crippen molar-refractivity contribution in [2.24, 2.45) is 7.05 Å². The minimum absolute atomic E-state index is 0.115. The molecule has 5 heteroatoms. The number of hydrogen-bond acceptors (Lipinski definition) is 3. The fourth-order valence-electron chi connectivity index (χ4n) is 2.27. The summed E-state index contributed by atoms with van der Waals surface area (Å²) < 4.78 is 1.72. The molecule has 2 heterocycles. The fourth-order valence-corrected chi connectivity index (χ4v) is 2.27. The number of amides is 1. The Morgan fingerprint density at radius 1 is 1.65 bits per heavy atom. The number of rotatable bonds is 2. The standard InChI is InChI=1S/C12H20N4O/c1-4-11-10(8-15(3)14-11)12(17)16-6-5-13-7-9(16)2/h8-9,13H,4-7H2,1-3H3. The van der Waals surface area contributed by atoms with E-state index in [1.807, 2.05) is 25.1 Å². The van der Waals surface area contributed by atoms with Gasteiger partial charge in [0.15, 0.2) is 0 Å². The Kier molecular flexibility index (Phi) is 3.47. The molecule has 0 saturated carbocycles. The third-order valence-electron chi connectivity index (χ3n) is 3.23. The van der Waals surface area contributed by atoms with Crippen LogP contribution in [0.3, 0.4) is 0 Å². The zero-order valence-electron chi connectivity index (χ0n) is 10.7. The monoisotopic (exact) mass is 236 g/mol. The van der Waals surface area contributed by atoms with Crippen molar-refractivity contribution in [3.63, 3.8) is 0 Å². The highest BCUT2D eigenvalue weighted by atomic mass is 16.2. The highest BCUT2D eigenvalue weighted by Gasteiger charge is 2.26. The van der Waals surface area contributed by atoms with Crippen LogP contribution in [-0.4, -0.2) is 46.3 Å². The summed E-state index contributed by atoms with van der Waals surface area (Å²) in [6.07, 6.45) is 2.62. The van der Waals surface area contributed by atoms with Gasteiger partial charge in [0.25, 0.3) is 5.91 Å². The second-order valence-electron chi connectivity index (χ2n) is 4.57. The molecule has 0 bridgehead atoms. The van der Waals surface area contributed by atoms with Gasteiger partial charge in [-0.05, 0) is 13.3 Å². The van der Waals surface area contributed by atoms with Crippen LogP contribution in [0.25, 0.3) is 0 Å². The molecule has 17 heavy (non-hydrogen) atoms. The zero-order valence-corrected chi connectivity index (χ0v) is 10.7. The first-order valence-electron chi connectivity index (χ1n) is 6.17. The van der Waals surface area contributed by atoms with Crippen LogP contribution in [0.2, 0.25) is 0 Å². The van der Waals surface area contributed by atoms with Crippen LogP contribution < -0.4 is 5.32 Å². The molecule has 1 fully saturated rings. The average Bonchev–Trinajstić information content (AvgIpc) is 2.70. The van der Waals surface area contributed by atoms with Gasteiger partial charge >= 0.3 is 0 Å². The first kappa shape index (κ1) is 12.1. The maximum atomic E-state index is 12.4. The number of aryl methyl sites for hydroxylation is 2. The molecule has 1 aliphatic rings. The summed E-state index contributed by atoms with van der Waals surface area (Å²) in [5.74, 6) is 0.115.